The molecule has 3 rings (SSSR count). The van der Waals surface area contributed by atoms with Crippen LogP contribution >= 0.6 is 0 Å². The summed E-state index contributed by atoms with van der Waals surface area (Å²) < 4.78 is 17.5. The first-order valence-electron chi connectivity index (χ1n) is 6.45. The fourth-order valence-corrected chi connectivity index (χ4v) is 2.48. The highest BCUT2D eigenvalue weighted by Gasteiger charge is 2.16. The normalized spacial score (nSPS) is 12.9. The summed E-state index contributed by atoms with van der Waals surface area (Å²) in [7, 11) is 0. The molecule has 0 fully saturated rings. The third kappa shape index (κ3) is 2.03. The highest BCUT2D eigenvalue weighted by Crippen LogP contribution is 2.26. The summed E-state index contributed by atoms with van der Waals surface area (Å²) >= 11 is 0. The molecule has 0 radical (unpaired) electrons. The highest BCUT2D eigenvalue weighted by atomic mass is 19.1. The summed E-state index contributed by atoms with van der Waals surface area (Å²) in [5, 5.41) is 0. The number of aromatic nitrogens is 4. The lowest BCUT2D eigenvalue weighted by Gasteiger charge is -2.16. The quantitative estimate of drug-likeness (QED) is 0.797. The number of benzene rings is 1. The van der Waals surface area contributed by atoms with Crippen LogP contribution in [0.25, 0.3) is 11.0 Å². The van der Waals surface area contributed by atoms with Crippen LogP contribution in [-0.4, -0.2) is 19.1 Å². The van der Waals surface area contributed by atoms with E-state index in [9.17, 15) is 4.39 Å². The van der Waals surface area contributed by atoms with Crippen LogP contribution in [0.1, 0.15) is 18.5 Å². The first-order chi connectivity index (χ1) is 9.56. The van der Waals surface area contributed by atoms with Crippen LogP contribution in [0.4, 0.5) is 10.3 Å². The largest absolute Gasteiger partial charge is 0.369 e. The van der Waals surface area contributed by atoms with Crippen molar-refractivity contribution in [3.8, 4) is 0 Å². The number of anilines is 1. The Balaban J connectivity index is 2.06. The van der Waals surface area contributed by atoms with E-state index in [1.54, 1.807) is 25.5 Å². The monoisotopic (exact) mass is 273 g/mol. The average Bonchev–Trinajstić information content (AvgIpc) is 2.97. The molecule has 1 atom stereocenters. The number of imidazole rings is 2. The fourth-order valence-electron chi connectivity index (χ4n) is 2.48. The van der Waals surface area contributed by atoms with Crippen LogP contribution in [0.5, 0.6) is 0 Å². The van der Waals surface area contributed by atoms with Gasteiger partial charge in [0, 0.05) is 25.0 Å². The minimum absolute atomic E-state index is 0.0964. The zero-order valence-electron chi connectivity index (χ0n) is 11.4. The number of fused-ring (bicyclic) bond motifs is 1. The van der Waals surface area contributed by atoms with Gasteiger partial charge in [-0.3, -0.25) is 0 Å². The van der Waals surface area contributed by atoms with Crippen molar-refractivity contribution in [3.05, 3.63) is 42.2 Å². The lowest BCUT2D eigenvalue weighted by molar-refractivity contribution is 0.479. The van der Waals surface area contributed by atoms with Crippen molar-refractivity contribution in [2.24, 2.45) is 0 Å². The molecule has 3 aromatic rings. The average molecular weight is 273 g/mol. The van der Waals surface area contributed by atoms with Gasteiger partial charge in [0.25, 0.3) is 0 Å². The van der Waals surface area contributed by atoms with Crippen LogP contribution in [-0.2, 0) is 6.54 Å². The Labute approximate surface area is 115 Å². The van der Waals surface area contributed by atoms with Gasteiger partial charge >= 0.3 is 0 Å². The molecule has 1 aromatic carbocycles. The van der Waals surface area contributed by atoms with Gasteiger partial charge in [0.05, 0.1) is 23.4 Å². The van der Waals surface area contributed by atoms with Gasteiger partial charge in [-0.2, -0.15) is 0 Å². The molecular weight excluding hydrogens is 257 g/mol. The Bertz CT molecular complexity index is 745. The Morgan fingerprint density at radius 2 is 2.20 bits per heavy atom. The Morgan fingerprint density at radius 3 is 2.90 bits per heavy atom. The molecule has 0 aliphatic carbocycles. The van der Waals surface area contributed by atoms with Gasteiger partial charge in [-0.1, -0.05) is 0 Å². The molecule has 1 unspecified atom stereocenters. The van der Waals surface area contributed by atoms with Crippen molar-refractivity contribution < 1.29 is 4.39 Å². The zero-order valence-corrected chi connectivity index (χ0v) is 11.4. The predicted octanol–water partition coefficient (Wildman–Crippen LogP) is 2.52. The maximum atomic E-state index is 13.6. The molecule has 20 heavy (non-hydrogen) atoms. The van der Waals surface area contributed by atoms with Gasteiger partial charge in [-0.05, 0) is 25.5 Å². The number of nitrogens with two attached hydrogens (primary N) is 1. The predicted molar refractivity (Wildman–Crippen MR) is 75.8 cm³/mol. The standard InChI is InChI=1S/C14H16FN5/c1-9-5-13-12(6-11(9)15)18-14(16)20(13)10(2)7-19-4-3-17-8-19/h3-6,8,10H,7H2,1-2H3,(H2,16,18). The first kappa shape index (κ1) is 12.7. The van der Waals surface area contributed by atoms with E-state index in [1.165, 1.54) is 6.07 Å². The topological polar surface area (TPSA) is 61.7 Å². The van der Waals surface area contributed by atoms with Gasteiger partial charge in [0.15, 0.2) is 0 Å². The molecule has 0 amide bonds. The molecule has 2 N–H and O–H groups in total. The summed E-state index contributed by atoms with van der Waals surface area (Å²) in [5.41, 5.74) is 8.02. The lowest BCUT2D eigenvalue weighted by atomic mass is 10.2. The zero-order chi connectivity index (χ0) is 14.3. The molecule has 2 heterocycles. The summed E-state index contributed by atoms with van der Waals surface area (Å²) in [6, 6.07) is 3.32. The van der Waals surface area contributed by atoms with E-state index in [4.69, 9.17) is 5.73 Å². The van der Waals surface area contributed by atoms with Crippen molar-refractivity contribution in [1.29, 1.82) is 0 Å². The van der Waals surface area contributed by atoms with Gasteiger partial charge in [0.1, 0.15) is 5.82 Å². The smallest absolute Gasteiger partial charge is 0.201 e. The highest BCUT2D eigenvalue weighted by molar-refractivity contribution is 5.79. The summed E-state index contributed by atoms with van der Waals surface area (Å²) in [4.78, 5) is 8.27. The summed E-state index contributed by atoms with van der Waals surface area (Å²) in [6.07, 6.45) is 5.40. The lowest BCUT2D eigenvalue weighted by Crippen LogP contribution is -2.14. The molecular formula is C14H16FN5. The van der Waals surface area contributed by atoms with Crippen molar-refractivity contribution in [3.63, 3.8) is 0 Å². The molecule has 0 spiro atoms. The number of nitrogens with zero attached hydrogens (tertiary/aromatic N) is 4. The summed E-state index contributed by atoms with van der Waals surface area (Å²) in [6.45, 7) is 4.52. The summed E-state index contributed by atoms with van der Waals surface area (Å²) in [5.74, 6) is 0.141. The van der Waals surface area contributed by atoms with E-state index in [0.29, 0.717) is 17.0 Å². The maximum Gasteiger partial charge on any atom is 0.201 e. The molecule has 0 aliphatic heterocycles. The number of nitrogen functional groups attached to an aromatic ring is 1. The van der Waals surface area contributed by atoms with Crippen molar-refractivity contribution in [2.45, 2.75) is 26.4 Å². The van der Waals surface area contributed by atoms with E-state index in [2.05, 4.69) is 16.9 Å². The van der Waals surface area contributed by atoms with Crippen molar-refractivity contribution in [1.82, 2.24) is 19.1 Å². The van der Waals surface area contributed by atoms with Gasteiger partial charge in [-0.25, -0.2) is 14.4 Å². The SMILES string of the molecule is Cc1cc2c(cc1F)nc(N)n2C(C)Cn1ccnc1. The van der Waals surface area contributed by atoms with Crippen LogP contribution in [0.3, 0.4) is 0 Å². The Kier molecular flexibility index (Phi) is 2.93. The molecule has 6 heteroatoms. The van der Waals surface area contributed by atoms with E-state index < -0.39 is 0 Å². The number of hydrogen-bond donors (Lipinski definition) is 1. The van der Waals surface area contributed by atoms with E-state index in [1.807, 2.05) is 15.3 Å². The van der Waals surface area contributed by atoms with E-state index >= 15 is 0 Å². The van der Waals surface area contributed by atoms with Crippen molar-refractivity contribution in [2.75, 3.05) is 5.73 Å². The van der Waals surface area contributed by atoms with Crippen LogP contribution < -0.4 is 5.73 Å². The second kappa shape index (κ2) is 4.63. The van der Waals surface area contributed by atoms with Gasteiger partial charge < -0.3 is 14.9 Å². The minimum Gasteiger partial charge on any atom is -0.369 e. The van der Waals surface area contributed by atoms with Crippen LogP contribution in [0.2, 0.25) is 0 Å². The van der Waals surface area contributed by atoms with Crippen LogP contribution in [0, 0.1) is 12.7 Å². The molecule has 0 saturated heterocycles. The minimum atomic E-state index is -0.260. The molecule has 0 saturated carbocycles. The van der Waals surface area contributed by atoms with Gasteiger partial charge in [-0.15, -0.1) is 0 Å². The van der Waals surface area contributed by atoms with E-state index in [0.717, 1.165) is 12.1 Å². The molecule has 0 bridgehead atoms. The fraction of sp³-hybridized carbons (Fsp3) is 0.286. The molecule has 0 aliphatic rings. The van der Waals surface area contributed by atoms with Crippen LogP contribution in [0.15, 0.2) is 30.9 Å². The number of rotatable bonds is 3. The Hall–Kier alpha value is -2.37. The van der Waals surface area contributed by atoms with Gasteiger partial charge in [0.2, 0.25) is 5.95 Å². The first-order valence-corrected chi connectivity index (χ1v) is 6.45. The molecule has 5 nitrogen and oxygen atoms in total. The second-order valence-electron chi connectivity index (χ2n) is 5.04. The number of aryl methyl sites for hydroxylation is 1. The van der Waals surface area contributed by atoms with Crippen molar-refractivity contribution >= 4 is 17.0 Å². The third-order valence-electron chi connectivity index (χ3n) is 3.47. The van der Waals surface area contributed by atoms with E-state index in [-0.39, 0.29) is 11.9 Å². The Morgan fingerprint density at radius 1 is 1.40 bits per heavy atom. The molecule has 2 aromatic heterocycles. The second-order valence-corrected chi connectivity index (χ2v) is 5.04. The molecule has 104 valence electrons. The third-order valence-corrected chi connectivity index (χ3v) is 3.47. The maximum absolute atomic E-state index is 13.6. The number of hydrogen-bond acceptors (Lipinski definition) is 3. The number of halogens is 1.